The molecular formula is C28H30S6. The number of aryl methyl sites for hydroxylation is 2. The smallest absolute Gasteiger partial charge is 0.0637 e. The third-order valence-electron chi connectivity index (χ3n) is 6.63. The van der Waals surface area contributed by atoms with E-state index in [9.17, 15) is 0 Å². The summed E-state index contributed by atoms with van der Waals surface area (Å²) in [6.07, 6.45) is 13.5. The predicted octanol–water partition coefficient (Wildman–Crippen LogP) is 11.4. The van der Waals surface area contributed by atoms with Crippen LogP contribution in [-0.2, 0) is 12.8 Å². The third-order valence-corrected chi connectivity index (χ3v) is 14.6. The fourth-order valence-electron chi connectivity index (χ4n) is 4.74. The van der Waals surface area contributed by atoms with Gasteiger partial charge in [0.1, 0.15) is 0 Å². The van der Waals surface area contributed by atoms with Gasteiger partial charge in [0.2, 0.25) is 0 Å². The summed E-state index contributed by atoms with van der Waals surface area (Å²) < 4.78 is 3.15. The maximum absolute atomic E-state index is 2.50. The third kappa shape index (κ3) is 5.42. The van der Waals surface area contributed by atoms with Crippen molar-refractivity contribution in [2.75, 3.05) is 11.5 Å². The van der Waals surface area contributed by atoms with Crippen LogP contribution in [0, 0.1) is 0 Å². The van der Waals surface area contributed by atoms with Crippen molar-refractivity contribution in [3.63, 3.8) is 0 Å². The van der Waals surface area contributed by atoms with Crippen molar-refractivity contribution in [3.8, 4) is 29.3 Å². The molecule has 0 unspecified atom stereocenters. The molecule has 0 aromatic carbocycles. The first kappa shape index (κ1) is 23.9. The summed E-state index contributed by atoms with van der Waals surface area (Å²) in [5, 5.41) is 0. The quantitative estimate of drug-likeness (QED) is 0.245. The molecule has 0 bridgehead atoms. The molecule has 0 fully saturated rings. The molecule has 0 nitrogen and oxygen atoms in total. The lowest BCUT2D eigenvalue weighted by molar-refractivity contribution is 0.672. The molecule has 0 amide bonds. The zero-order valence-electron chi connectivity index (χ0n) is 19.4. The molecule has 0 atom stereocenters. The number of fused-ring (bicyclic) bond motifs is 2. The van der Waals surface area contributed by atoms with E-state index in [1.807, 2.05) is 45.3 Å². The maximum Gasteiger partial charge on any atom is 0.0637 e. The second-order valence-electron chi connectivity index (χ2n) is 9.20. The van der Waals surface area contributed by atoms with Crippen LogP contribution in [0.5, 0.6) is 0 Å². The number of hydrogen-bond acceptors (Lipinski definition) is 6. The van der Waals surface area contributed by atoms with Gasteiger partial charge in [-0.05, 0) is 97.6 Å². The first-order chi connectivity index (χ1) is 16.8. The largest absolute Gasteiger partial charge is 0.134 e. The Morgan fingerprint density at radius 2 is 0.824 bits per heavy atom. The highest BCUT2D eigenvalue weighted by Crippen LogP contribution is 2.47. The van der Waals surface area contributed by atoms with Gasteiger partial charge in [-0.25, -0.2) is 0 Å². The lowest BCUT2D eigenvalue weighted by atomic mass is 10.1. The van der Waals surface area contributed by atoms with Crippen molar-refractivity contribution in [2.24, 2.45) is 0 Å². The van der Waals surface area contributed by atoms with Crippen LogP contribution in [-0.4, -0.2) is 11.5 Å². The zero-order chi connectivity index (χ0) is 22.7. The van der Waals surface area contributed by atoms with Crippen molar-refractivity contribution < 1.29 is 0 Å². The molecular weight excluding hydrogens is 529 g/mol. The molecule has 6 heteroatoms. The molecule has 0 radical (unpaired) electrons. The van der Waals surface area contributed by atoms with Crippen LogP contribution in [0.25, 0.3) is 29.3 Å². The van der Waals surface area contributed by atoms with E-state index in [1.165, 1.54) is 105 Å². The van der Waals surface area contributed by atoms with Gasteiger partial charge in [-0.15, -0.1) is 68.9 Å². The molecule has 0 saturated carbocycles. The highest BCUT2D eigenvalue weighted by atomic mass is 32.2. The van der Waals surface area contributed by atoms with Crippen molar-refractivity contribution in [1.82, 2.24) is 0 Å². The van der Waals surface area contributed by atoms with Gasteiger partial charge < -0.3 is 0 Å². The fraction of sp³-hybridized carbons (Fsp3) is 0.429. The summed E-state index contributed by atoms with van der Waals surface area (Å²) in [4.78, 5) is 8.64. The molecule has 178 valence electrons. The Morgan fingerprint density at radius 1 is 0.412 bits per heavy atom. The number of rotatable bonds is 3. The van der Waals surface area contributed by atoms with Crippen LogP contribution in [0.2, 0.25) is 0 Å². The molecule has 34 heavy (non-hydrogen) atoms. The molecule has 6 heterocycles. The Balaban J connectivity index is 1.22. The topological polar surface area (TPSA) is 0 Å². The van der Waals surface area contributed by atoms with Gasteiger partial charge in [0.25, 0.3) is 0 Å². The molecule has 6 rings (SSSR count). The van der Waals surface area contributed by atoms with E-state index in [2.05, 4.69) is 59.9 Å². The lowest BCUT2D eigenvalue weighted by Crippen LogP contribution is -1.82. The van der Waals surface area contributed by atoms with Gasteiger partial charge >= 0.3 is 0 Å². The molecule has 0 saturated heterocycles. The van der Waals surface area contributed by atoms with Gasteiger partial charge in [-0.3, -0.25) is 0 Å². The predicted molar refractivity (Wildman–Crippen MR) is 160 cm³/mol. The minimum absolute atomic E-state index is 1.26. The summed E-state index contributed by atoms with van der Waals surface area (Å²) in [7, 11) is 0. The second kappa shape index (κ2) is 11.3. The van der Waals surface area contributed by atoms with Crippen LogP contribution in [0.1, 0.15) is 62.5 Å². The first-order valence-electron chi connectivity index (χ1n) is 12.6. The summed E-state index contributed by atoms with van der Waals surface area (Å²) in [6, 6.07) is 14.4. The molecule has 4 aromatic heterocycles. The molecule has 0 spiro atoms. The Labute approximate surface area is 228 Å². The average molecular weight is 559 g/mol. The van der Waals surface area contributed by atoms with E-state index in [0.717, 1.165) is 0 Å². The van der Waals surface area contributed by atoms with E-state index < -0.39 is 0 Å². The summed E-state index contributed by atoms with van der Waals surface area (Å²) >= 11 is 12.2. The fourth-order valence-corrected chi connectivity index (χ4v) is 12.2. The minimum Gasteiger partial charge on any atom is -0.134 e. The second-order valence-corrected chi connectivity index (χ2v) is 16.2. The summed E-state index contributed by atoms with van der Waals surface area (Å²) in [5.41, 5.74) is 3.20. The van der Waals surface area contributed by atoms with Crippen LogP contribution in [0.4, 0.5) is 0 Å². The van der Waals surface area contributed by atoms with Crippen molar-refractivity contribution in [1.29, 1.82) is 0 Å². The maximum atomic E-state index is 2.50. The minimum atomic E-state index is 1.26. The molecule has 0 N–H and O–H groups in total. The highest BCUT2D eigenvalue weighted by molar-refractivity contribution is 8.01. The normalized spacial score (nSPS) is 17.5. The van der Waals surface area contributed by atoms with E-state index in [4.69, 9.17) is 0 Å². The summed E-state index contributed by atoms with van der Waals surface area (Å²) in [5.74, 6) is 2.57. The Kier molecular flexibility index (Phi) is 7.91. The monoisotopic (exact) mass is 558 g/mol. The highest BCUT2D eigenvalue weighted by Gasteiger charge is 2.17. The van der Waals surface area contributed by atoms with Crippen LogP contribution in [0.15, 0.2) is 44.8 Å². The lowest BCUT2D eigenvalue weighted by Gasteiger charge is -1.98. The van der Waals surface area contributed by atoms with Crippen LogP contribution < -0.4 is 0 Å². The van der Waals surface area contributed by atoms with Crippen LogP contribution >= 0.6 is 68.9 Å². The molecule has 4 aromatic rings. The van der Waals surface area contributed by atoms with Crippen molar-refractivity contribution >= 4 is 68.9 Å². The Morgan fingerprint density at radius 3 is 1.29 bits per heavy atom. The number of thiophene rings is 4. The first-order valence-corrected chi connectivity index (χ1v) is 17.8. The molecule has 0 aliphatic carbocycles. The van der Waals surface area contributed by atoms with Crippen LogP contribution in [0.3, 0.4) is 0 Å². The number of thioether (sulfide) groups is 2. The van der Waals surface area contributed by atoms with E-state index in [-0.39, 0.29) is 0 Å². The van der Waals surface area contributed by atoms with Crippen molar-refractivity contribution in [3.05, 3.63) is 47.5 Å². The van der Waals surface area contributed by atoms with Gasteiger partial charge in [0, 0.05) is 29.3 Å². The van der Waals surface area contributed by atoms with Gasteiger partial charge in [-0.1, -0.05) is 25.7 Å². The van der Waals surface area contributed by atoms with Crippen molar-refractivity contribution in [2.45, 2.75) is 72.6 Å². The van der Waals surface area contributed by atoms with E-state index >= 15 is 0 Å². The molecule has 2 aliphatic rings. The van der Waals surface area contributed by atoms with Gasteiger partial charge in [0.15, 0.2) is 0 Å². The zero-order valence-corrected chi connectivity index (χ0v) is 24.3. The summed E-state index contributed by atoms with van der Waals surface area (Å²) in [6.45, 7) is 0. The van der Waals surface area contributed by atoms with E-state index in [1.54, 1.807) is 19.5 Å². The SMILES string of the molecule is c1cc(-c2cc3c(s2)SCCCCCC3)sc1-c1ccc(-c2cc3c(s2)SCCCCCC3)s1. The average Bonchev–Trinajstić information content (AvgIpc) is 3.63. The van der Waals surface area contributed by atoms with Gasteiger partial charge in [0.05, 0.1) is 8.42 Å². The standard InChI is InChI=1S/C28H30S6/c1-3-7-15-29-27-19(9-5-1)17-25(33-27)23-13-11-21(31-23)22-12-14-24(32-22)26-18-20-10-6-2-4-8-16-30-28(20)34-26/h11-14,17-18H,1-10,15-16H2. The number of hydrogen-bond donors (Lipinski definition) is 0. The Bertz CT molecular complexity index is 1090. The van der Waals surface area contributed by atoms with Gasteiger partial charge in [-0.2, -0.15) is 0 Å². The Hall–Kier alpha value is -0.500. The molecule has 2 aliphatic heterocycles. The van der Waals surface area contributed by atoms with E-state index in [0.29, 0.717) is 0 Å².